The predicted molar refractivity (Wildman–Crippen MR) is 119 cm³/mol. The zero-order valence-corrected chi connectivity index (χ0v) is 18.1. The van der Waals surface area contributed by atoms with Gasteiger partial charge in [-0.15, -0.1) is 0 Å². The first-order valence-electron chi connectivity index (χ1n) is 11.2. The van der Waals surface area contributed by atoms with Crippen molar-refractivity contribution < 1.29 is 29.0 Å². The molecule has 0 unspecified atom stereocenters. The third kappa shape index (κ3) is 4.30. The van der Waals surface area contributed by atoms with Crippen LogP contribution in [0.4, 0.5) is 4.79 Å². The average Bonchev–Trinajstić information content (AvgIpc) is 3.07. The van der Waals surface area contributed by atoms with Crippen molar-refractivity contribution in [2.45, 2.75) is 30.9 Å². The number of alkyl carbamates (subject to hydrolysis) is 1. The van der Waals surface area contributed by atoms with Gasteiger partial charge in [-0.3, -0.25) is 4.79 Å². The SMILES string of the molecule is O=C(O)COC1CN(C(=O)C2CC(NC(=O)OCC3c4ccccc4-c4ccccc43)C2)C1. The minimum atomic E-state index is -1.01. The Kier molecular flexibility index (Phi) is 5.76. The highest BCUT2D eigenvalue weighted by Gasteiger charge is 2.42. The van der Waals surface area contributed by atoms with E-state index in [1.807, 2.05) is 24.3 Å². The highest BCUT2D eigenvalue weighted by Crippen LogP contribution is 2.44. The lowest BCUT2D eigenvalue weighted by Crippen LogP contribution is -2.59. The van der Waals surface area contributed by atoms with Gasteiger partial charge in [0.15, 0.2) is 0 Å². The lowest BCUT2D eigenvalue weighted by atomic mass is 9.79. The van der Waals surface area contributed by atoms with E-state index in [1.54, 1.807) is 4.90 Å². The molecule has 1 aliphatic heterocycles. The van der Waals surface area contributed by atoms with Gasteiger partial charge in [-0.05, 0) is 35.1 Å². The summed E-state index contributed by atoms with van der Waals surface area (Å²) in [6.07, 6.45) is 0.499. The Balaban J connectivity index is 1.06. The van der Waals surface area contributed by atoms with E-state index in [2.05, 4.69) is 29.6 Å². The van der Waals surface area contributed by atoms with Crippen LogP contribution in [0.2, 0.25) is 0 Å². The van der Waals surface area contributed by atoms with Gasteiger partial charge in [0, 0.05) is 31.0 Å². The van der Waals surface area contributed by atoms with E-state index < -0.39 is 12.1 Å². The summed E-state index contributed by atoms with van der Waals surface area (Å²) >= 11 is 0. The lowest BCUT2D eigenvalue weighted by Gasteiger charge is -2.44. The molecule has 5 rings (SSSR count). The molecule has 0 radical (unpaired) electrons. The number of carbonyl (C=O) groups excluding carboxylic acids is 2. The van der Waals surface area contributed by atoms with Crippen LogP contribution >= 0.6 is 0 Å². The molecule has 0 spiro atoms. The highest BCUT2D eigenvalue weighted by atomic mass is 16.5. The topological polar surface area (TPSA) is 105 Å². The fourth-order valence-electron chi connectivity index (χ4n) is 4.91. The zero-order valence-electron chi connectivity index (χ0n) is 18.1. The maximum atomic E-state index is 12.5. The molecule has 0 bridgehead atoms. The first-order chi connectivity index (χ1) is 16.0. The molecular weight excluding hydrogens is 424 g/mol. The summed E-state index contributed by atoms with van der Waals surface area (Å²) in [7, 11) is 0. The summed E-state index contributed by atoms with van der Waals surface area (Å²) in [5.41, 5.74) is 4.70. The van der Waals surface area contributed by atoms with E-state index in [1.165, 1.54) is 22.3 Å². The molecule has 2 amide bonds. The van der Waals surface area contributed by atoms with Gasteiger partial charge in [0.1, 0.15) is 13.2 Å². The number of hydrogen-bond donors (Lipinski definition) is 2. The fraction of sp³-hybridized carbons (Fsp3) is 0.400. The molecule has 8 nitrogen and oxygen atoms in total. The number of aliphatic carboxylic acids is 1. The number of benzene rings is 2. The minimum absolute atomic E-state index is 0.0153. The number of carbonyl (C=O) groups is 3. The van der Waals surface area contributed by atoms with E-state index in [9.17, 15) is 14.4 Å². The van der Waals surface area contributed by atoms with Gasteiger partial charge in [0.05, 0.1) is 6.10 Å². The number of carboxylic acid groups (broad SMARTS) is 1. The van der Waals surface area contributed by atoms with E-state index >= 15 is 0 Å². The highest BCUT2D eigenvalue weighted by molar-refractivity contribution is 5.81. The van der Waals surface area contributed by atoms with E-state index in [-0.39, 0.29) is 43.1 Å². The number of hydrogen-bond acceptors (Lipinski definition) is 5. The number of likely N-dealkylation sites (tertiary alicyclic amines) is 1. The zero-order chi connectivity index (χ0) is 22.9. The normalized spacial score (nSPS) is 21.4. The second-order valence-electron chi connectivity index (χ2n) is 8.91. The summed E-state index contributed by atoms with van der Waals surface area (Å²) in [6, 6.07) is 16.3. The second kappa shape index (κ2) is 8.86. The Morgan fingerprint density at radius 1 is 0.970 bits per heavy atom. The van der Waals surface area contributed by atoms with Crippen molar-refractivity contribution >= 4 is 18.0 Å². The molecule has 8 heteroatoms. The van der Waals surface area contributed by atoms with Crippen LogP contribution < -0.4 is 5.32 Å². The van der Waals surface area contributed by atoms with Gasteiger partial charge in [-0.25, -0.2) is 9.59 Å². The second-order valence-corrected chi connectivity index (χ2v) is 8.91. The van der Waals surface area contributed by atoms with Crippen LogP contribution in [-0.2, 0) is 19.1 Å². The molecule has 0 aromatic heterocycles. The molecular formula is C25H26N2O6. The number of rotatable bonds is 7. The average molecular weight is 450 g/mol. The first-order valence-corrected chi connectivity index (χ1v) is 11.2. The maximum Gasteiger partial charge on any atom is 0.407 e. The summed E-state index contributed by atoms with van der Waals surface area (Å²) in [6.45, 7) is 0.767. The van der Waals surface area contributed by atoms with Crippen LogP contribution in [0.25, 0.3) is 11.1 Å². The molecule has 2 fully saturated rings. The van der Waals surface area contributed by atoms with E-state index in [4.69, 9.17) is 14.6 Å². The number of nitrogens with zero attached hydrogens (tertiary/aromatic N) is 1. The number of amides is 2. The van der Waals surface area contributed by atoms with Crippen molar-refractivity contribution in [1.29, 1.82) is 0 Å². The maximum absolute atomic E-state index is 12.5. The van der Waals surface area contributed by atoms with Crippen molar-refractivity contribution in [3.63, 3.8) is 0 Å². The van der Waals surface area contributed by atoms with Gasteiger partial charge in [-0.1, -0.05) is 48.5 Å². The lowest BCUT2D eigenvalue weighted by molar-refractivity contribution is -0.158. The van der Waals surface area contributed by atoms with E-state index in [0.29, 0.717) is 25.9 Å². The van der Waals surface area contributed by atoms with Crippen LogP contribution in [0.3, 0.4) is 0 Å². The van der Waals surface area contributed by atoms with Gasteiger partial charge in [0.2, 0.25) is 5.91 Å². The molecule has 172 valence electrons. The summed E-state index contributed by atoms with van der Waals surface area (Å²) in [5, 5.41) is 11.5. The van der Waals surface area contributed by atoms with Crippen LogP contribution in [0.1, 0.15) is 29.9 Å². The Hall–Kier alpha value is -3.39. The Morgan fingerprint density at radius 3 is 2.18 bits per heavy atom. The van der Waals surface area contributed by atoms with Crippen molar-refractivity contribution in [1.82, 2.24) is 10.2 Å². The van der Waals surface area contributed by atoms with Crippen LogP contribution in [0.5, 0.6) is 0 Å². The van der Waals surface area contributed by atoms with Crippen LogP contribution in [-0.4, -0.2) is 66.4 Å². The third-order valence-corrected chi connectivity index (χ3v) is 6.76. The number of nitrogens with one attached hydrogen (secondary N) is 1. The fourth-order valence-corrected chi connectivity index (χ4v) is 4.91. The smallest absolute Gasteiger partial charge is 0.407 e. The quantitative estimate of drug-likeness (QED) is 0.672. The van der Waals surface area contributed by atoms with Crippen molar-refractivity contribution in [3.8, 4) is 11.1 Å². The summed E-state index contributed by atoms with van der Waals surface area (Å²) in [5.74, 6) is -1.08. The number of ether oxygens (including phenoxy) is 2. The van der Waals surface area contributed by atoms with Crippen LogP contribution in [0.15, 0.2) is 48.5 Å². The molecule has 1 heterocycles. The number of carboxylic acids is 1. The largest absolute Gasteiger partial charge is 0.480 e. The Morgan fingerprint density at radius 2 is 1.58 bits per heavy atom. The van der Waals surface area contributed by atoms with E-state index in [0.717, 1.165) is 0 Å². The first kappa shape index (κ1) is 21.5. The Bertz CT molecular complexity index is 1030. The molecule has 3 aliphatic rings. The molecule has 2 aliphatic carbocycles. The van der Waals surface area contributed by atoms with Crippen molar-refractivity contribution in [3.05, 3.63) is 59.7 Å². The standard InChI is InChI=1S/C25H26N2O6/c28-23(29)14-32-17-11-27(12-17)24(30)15-9-16(10-15)26-25(31)33-13-22-20-7-3-1-5-18(20)19-6-2-4-8-21(19)22/h1-8,15-17,22H,9-14H2,(H,26,31)(H,28,29). The van der Waals surface area contributed by atoms with Crippen molar-refractivity contribution in [2.24, 2.45) is 5.92 Å². The monoisotopic (exact) mass is 450 g/mol. The summed E-state index contributed by atoms with van der Waals surface area (Å²) < 4.78 is 10.7. The molecule has 2 N–H and O–H groups in total. The van der Waals surface area contributed by atoms with Crippen LogP contribution in [0, 0.1) is 5.92 Å². The minimum Gasteiger partial charge on any atom is -0.480 e. The summed E-state index contributed by atoms with van der Waals surface area (Å²) in [4.78, 5) is 37.1. The van der Waals surface area contributed by atoms with Gasteiger partial charge in [-0.2, -0.15) is 0 Å². The van der Waals surface area contributed by atoms with Gasteiger partial charge < -0.3 is 24.8 Å². The molecule has 2 aromatic carbocycles. The molecule has 1 saturated heterocycles. The van der Waals surface area contributed by atoms with Gasteiger partial charge in [0.25, 0.3) is 0 Å². The molecule has 2 aromatic rings. The predicted octanol–water partition coefficient (Wildman–Crippen LogP) is 2.62. The van der Waals surface area contributed by atoms with Crippen molar-refractivity contribution in [2.75, 3.05) is 26.3 Å². The third-order valence-electron chi connectivity index (χ3n) is 6.76. The number of fused-ring (bicyclic) bond motifs is 3. The van der Waals surface area contributed by atoms with Gasteiger partial charge >= 0.3 is 12.1 Å². The molecule has 1 saturated carbocycles. The molecule has 33 heavy (non-hydrogen) atoms. The Labute approximate surface area is 191 Å². The molecule has 0 atom stereocenters.